The number of anilines is 1. The lowest BCUT2D eigenvalue weighted by molar-refractivity contribution is 0.154. The van der Waals surface area contributed by atoms with E-state index in [2.05, 4.69) is 37.3 Å². The third kappa shape index (κ3) is 3.85. The Labute approximate surface area is 169 Å². The minimum Gasteiger partial charge on any atom is -0.351 e. The fraction of sp³-hybridized carbons (Fsp3) is 0.450. The molecule has 2 amide bonds. The van der Waals surface area contributed by atoms with Crippen molar-refractivity contribution in [1.82, 2.24) is 34.8 Å². The Morgan fingerprint density at radius 1 is 1.03 bits per heavy atom. The number of amides is 2. The summed E-state index contributed by atoms with van der Waals surface area (Å²) in [5.74, 6) is 0.782. The summed E-state index contributed by atoms with van der Waals surface area (Å²) in [5.41, 5.74) is 2.57. The van der Waals surface area contributed by atoms with Gasteiger partial charge in [-0.05, 0) is 19.4 Å². The van der Waals surface area contributed by atoms with Crippen LogP contribution in [0.4, 0.5) is 10.6 Å². The van der Waals surface area contributed by atoms with E-state index in [1.165, 1.54) is 0 Å². The van der Waals surface area contributed by atoms with E-state index >= 15 is 0 Å². The number of hydrogen-bond acceptors (Lipinski definition) is 6. The summed E-state index contributed by atoms with van der Waals surface area (Å²) in [4.78, 5) is 27.4. The second kappa shape index (κ2) is 8.42. The number of urea groups is 1. The van der Waals surface area contributed by atoms with Gasteiger partial charge in [0.05, 0.1) is 6.54 Å². The summed E-state index contributed by atoms with van der Waals surface area (Å²) in [6.45, 7) is 8.84. The van der Waals surface area contributed by atoms with Crippen LogP contribution in [0.15, 0.2) is 36.7 Å². The van der Waals surface area contributed by atoms with Crippen LogP contribution in [-0.2, 0) is 6.54 Å². The molecule has 0 radical (unpaired) electrons. The number of aromatic nitrogens is 5. The smallest absolute Gasteiger partial charge is 0.320 e. The van der Waals surface area contributed by atoms with Gasteiger partial charge in [0.25, 0.3) is 0 Å². The number of benzene rings is 1. The first-order chi connectivity index (χ1) is 14.2. The highest BCUT2D eigenvalue weighted by molar-refractivity contribution is 5.83. The predicted molar refractivity (Wildman–Crippen MR) is 111 cm³/mol. The first-order valence-corrected chi connectivity index (χ1v) is 10.1. The Kier molecular flexibility index (Phi) is 5.55. The molecule has 3 heterocycles. The number of rotatable bonds is 5. The second-order valence-electron chi connectivity index (χ2n) is 7.03. The van der Waals surface area contributed by atoms with E-state index in [4.69, 9.17) is 0 Å². The maximum Gasteiger partial charge on any atom is 0.320 e. The van der Waals surface area contributed by atoms with Crippen molar-refractivity contribution in [2.75, 3.05) is 44.2 Å². The van der Waals surface area contributed by atoms with Crippen molar-refractivity contribution < 1.29 is 4.79 Å². The molecule has 0 saturated carbocycles. The molecule has 0 bridgehead atoms. The van der Waals surface area contributed by atoms with Gasteiger partial charge in [0.2, 0.25) is 0 Å². The maximum absolute atomic E-state index is 12.6. The highest BCUT2D eigenvalue weighted by atomic mass is 16.2. The van der Waals surface area contributed by atoms with E-state index in [1.54, 1.807) is 11.0 Å². The summed E-state index contributed by atoms with van der Waals surface area (Å²) < 4.78 is 1.80. The number of carbonyl (C=O) groups excluding carboxylic acids is 1. The largest absolute Gasteiger partial charge is 0.351 e. The summed E-state index contributed by atoms with van der Waals surface area (Å²) in [6.07, 6.45) is 1.57. The molecular formula is C20H26N8O. The zero-order valence-corrected chi connectivity index (χ0v) is 16.9. The average molecular weight is 394 g/mol. The Balaban J connectivity index is 1.50. The fourth-order valence-electron chi connectivity index (χ4n) is 3.68. The van der Waals surface area contributed by atoms with E-state index in [0.29, 0.717) is 38.2 Å². The topological polar surface area (TPSA) is 83.3 Å². The molecule has 0 N–H and O–H groups in total. The van der Waals surface area contributed by atoms with Gasteiger partial charge in [-0.15, -0.1) is 5.10 Å². The molecule has 0 aliphatic carbocycles. The van der Waals surface area contributed by atoms with Crippen LogP contribution in [0.3, 0.4) is 0 Å². The lowest BCUT2D eigenvalue weighted by Crippen LogP contribution is -2.53. The zero-order valence-electron chi connectivity index (χ0n) is 16.9. The highest BCUT2D eigenvalue weighted by Crippen LogP contribution is 2.22. The molecule has 0 unspecified atom stereocenters. The first-order valence-electron chi connectivity index (χ1n) is 10.1. The Morgan fingerprint density at radius 2 is 1.76 bits per heavy atom. The van der Waals surface area contributed by atoms with Gasteiger partial charge in [-0.3, -0.25) is 0 Å². The molecule has 1 aliphatic rings. The van der Waals surface area contributed by atoms with Gasteiger partial charge < -0.3 is 14.7 Å². The highest BCUT2D eigenvalue weighted by Gasteiger charge is 2.26. The van der Waals surface area contributed by atoms with Crippen molar-refractivity contribution in [3.05, 3.63) is 42.2 Å². The van der Waals surface area contributed by atoms with Gasteiger partial charge in [-0.2, -0.15) is 0 Å². The summed E-state index contributed by atoms with van der Waals surface area (Å²) >= 11 is 0. The van der Waals surface area contributed by atoms with Crippen molar-refractivity contribution in [1.29, 1.82) is 0 Å². The summed E-state index contributed by atoms with van der Waals surface area (Å²) in [6, 6.07) is 10.2. The van der Waals surface area contributed by atoms with Gasteiger partial charge in [0.15, 0.2) is 17.0 Å². The molecule has 9 heteroatoms. The monoisotopic (exact) mass is 394 g/mol. The minimum atomic E-state index is 0.108. The molecule has 29 heavy (non-hydrogen) atoms. The second-order valence-corrected chi connectivity index (χ2v) is 7.03. The van der Waals surface area contributed by atoms with Gasteiger partial charge in [0, 0.05) is 39.3 Å². The average Bonchev–Trinajstić information content (AvgIpc) is 3.18. The molecule has 152 valence electrons. The van der Waals surface area contributed by atoms with Crippen LogP contribution in [0, 0.1) is 0 Å². The van der Waals surface area contributed by atoms with Gasteiger partial charge in [-0.1, -0.05) is 35.5 Å². The maximum atomic E-state index is 12.6. The fourth-order valence-corrected chi connectivity index (χ4v) is 3.68. The van der Waals surface area contributed by atoms with E-state index in [-0.39, 0.29) is 6.03 Å². The molecule has 1 fully saturated rings. The third-order valence-electron chi connectivity index (χ3n) is 5.34. The van der Waals surface area contributed by atoms with Crippen LogP contribution in [0.1, 0.15) is 19.4 Å². The Morgan fingerprint density at radius 3 is 2.45 bits per heavy atom. The van der Waals surface area contributed by atoms with E-state index in [0.717, 1.165) is 30.1 Å². The predicted octanol–water partition coefficient (Wildman–Crippen LogP) is 1.85. The van der Waals surface area contributed by atoms with Crippen LogP contribution >= 0.6 is 0 Å². The van der Waals surface area contributed by atoms with Crippen LogP contribution in [0.25, 0.3) is 11.2 Å². The van der Waals surface area contributed by atoms with Gasteiger partial charge in [0.1, 0.15) is 6.33 Å². The molecule has 2 aromatic heterocycles. The van der Waals surface area contributed by atoms with Gasteiger partial charge in [-0.25, -0.2) is 19.4 Å². The lowest BCUT2D eigenvalue weighted by atomic mass is 10.2. The SMILES string of the molecule is CCN(CC)C(=O)N1CCN(c2ncnc3c2nnn3Cc2ccccc2)CC1. The van der Waals surface area contributed by atoms with E-state index < -0.39 is 0 Å². The molecule has 1 saturated heterocycles. The number of hydrogen-bond donors (Lipinski definition) is 0. The molecule has 1 aliphatic heterocycles. The van der Waals surface area contributed by atoms with Crippen molar-refractivity contribution >= 4 is 23.0 Å². The van der Waals surface area contributed by atoms with Crippen LogP contribution in [0.5, 0.6) is 0 Å². The molecular weight excluding hydrogens is 368 g/mol. The number of piperazine rings is 1. The molecule has 0 spiro atoms. The normalized spacial score (nSPS) is 14.4. The summed E-state index contributed by atoms with van der Waals surface area (Å²) in [7, 11) is 0. The standard InChI is InChI=1S/C20H26N8O/c1-3-25(4-2)20(29)27-12-10-26(11-13-27)18-17-19(22-15-21-18)28(24-23-17)14-16-8-6-5-7-9-16/h5-9,15H,3-4,10-14H2,1-2H3. The molecule has 9 nitrogen and oxygen atoms in total. The van der Waals surface area contributed by atoms with E-state index in [9.17, 15) is 4.79 Å². The van der Waals surface area contributed by atoms with Crippen LogP contribution < -0.4 is 4.90 Å². The van der Waals surface area contributed by atoms with Crippen molar-refractivity contribution in [2.45, 2.75) is 20.4 Å². The quantitative estimate of drug-likeness (QED) is 0.657. The third-order valence-corrected chi connectivity index (χ3v) is 5.34. The molecule has 1 aromatic carbocycles. The van der Waals surface area contributed by atoms with Crippen molar-refractivity contribution in [2.24, 2.45) is 0 Å². The van der Waals surface area contributed by atoms with Gasteiger partial charge >= 0.3 is 6.03 Å². The molecule has 0 atom stereocenters. The first kappa shape index (κ1) is 19.1. The zero-order chi connectivity index (χ0) is 20.2. The van der Waals surface area contributed by atoms with Crippen LogP contribution in [-0.4, -0.2) is 80.1 Å². The number of nitrogens with zero attached hydrogens (tertiary/aromatic N) is 8. The minimum absolute atomic E-state index is 0.108. The van der Waals surface area contributed by atoms with Crippen LogP contribution in [0.2, 0.25) is 0 Å². The molecule has 4 rings (SSSR count). The lowest BCUT2D eigenvalue weighted by Gasteiger charge is -2.37. The van der Waals surface area contributed by atoms with Crippen molar-refractivity contribution in [3.63, 3.8) is 0 Å². The Bertz CT molecular complexity index is 961. The van der Waals surface area contributed by atoms with Crippen molar-refractivity contribution in [3.8, 4) is 0 Å². The number of fused-ring (bicyclic) bond motifs is 1. The Hall–Kier alpha value is -3.23. The van der Waals surface area contributed by atoms with E-state index in [1.807, 2.05) is 41.8 Å². The number of carbonyl (C=O) groups is 1. The summed E-state index contributed by atoms with van der Waals surface area (Å²) in [5, 5.41) is 8.66. The molecule has 3 aromatic rings.